The van der Waals surface area contributed by atoms with Crippen molar-refractivity contribution >= 4 is 11.6 Å². The lowest BCUT2D eigenvalue weighted by Gasteiger charge is -2.19. The lowest BCUT2D eigenvalue weighted by atomic mass is 10.1. The summed E-state index contributed by atoms with van der Waals surface area (Å²) in [6.07, 6.45) is 6.98. The van der Waals surface area contributed by atoms with Crippen LogP contribution in [0.4, 0.5) is 5.69 Å². The van der Waals surface area contributed by atoms with Gasteiger partial charge in [0.2, 0.25) is 0 Å². The van der Waals surface area contributed by atoms with E-state index < -0.39 is 0 Å². The summed E-state index contributed by atoms with van der Waals surface area (Å²) in [7, 11) is 0. The predicted molar refractivity (Wildman–Crippen MR) is 81.3 cm³/mol. The Hall–Kier alpha value is -3.01. The molecule has 0 N–H and O–H groups in total. The second-order valence-electron chi connectivity index (χ2n) is 4.04. The highest BCUT2D eigenvalue weighted by Gasteiger charge is 2.17. The van der Waals surface area contributed by atoms with Crippen molar-refractivity contribution in [3.05, 3.63) is 84.2 Å². The molecule has 0 radical (unpaired) electrons. The minimum absolute atomic E-state index is 0.176. The summed E-state index contributed by atoms with van der Waals surface area (Å²) in [6.45, 7) is 3.53. The molecule has 0 saturated carbocycles. The number of hydrogen-bond donors (Lipinski definition) is 0. The van der Waals surface area contributed by atoms with Crippen LogP contribution in [-0.4, -0.2) is 5.91 Å². The van der Waals surface area contributed by atoms with Gasteiger partial charge >= 0.3 is 0 Å². The van der Waals surface area contributed by atoms with Crippen LogP contribution in [0.15, 0.2) is 73.1 Å². The predicted octanol–water partition coefficient (Wildman–Crippen LogP) is 3.61. The van der Waals surface area contributed by atoms with Crippen LogP contribution in [0.5, 0.6) is 0 Å². The van der Waals surface area contributed by atoms with E-state index in [9.17, 15) is 4.79 Å². The molecule has 2 aromatic carbocycles. The Labute approximate surface area is 118 Å². The van der Waals surface area contributed by atoms with Crippen molar-refractivity contribution in [2.45, 2.75) is 0 Å². The molecule has 0 fully saturated rings. The van der Waals surface area contributed by atoms with E-state index in [2.05, 4.69) is 18.2 Å². The molecule has 20 heavy (non-hydrogen) atoms. The SMILES string of the molecule is C#Cc1ccccc1N(C=C=C)C(=O)c1ccccc1. The monoisotopic (exact) mass is 259 g/mol. The molecule has 0 spiro atoms. The van der Waals surface area contributed by atoms with Gasteiger partial charge in [0.25, 0.3) is 5.91 Å². The highest BCUT2D eigenvalue weighted by molar-refractivity contribution is 6.07. The Kier molecular flexibility index (Phi) is 4.19. The van der Waals surface area contributed by atoms with Gasteiger partial charge in [-0.05, 0) is 24.3 Å². The molecular formula is C18H13NO. The number of anilines is 1. The van der Waals surface area contributed by atoms with Crippen molar-refractivity contribution in [1.82, 2.24) is 0 Å². The average Bonchev–Trinajstić information content (AvgIpc) is 2.53. The Morgan fingerprint density at radius 3 is 2.40 bits per heavy atom. The summed E-state index contributed by atoms with van der Waals surface area (Å²) in [5, 5.41) is 0. The van der Waals surface area contributed by atoms with Crippen molar-refractivity contribution in [3.63, 3.8) is 0 Å². The van der Waals surface area contributed by atoms with Gasteiger partial charge < -0.3 is 0 Å². The molecule has 96 valence electrons. The van der Waals surface area contributed by atoms with Crippen LogP contribution in [0.3, 0.4) is 0 Å². The topological polar surface area (TPSA) is 20.3 Å². The summed E-state index contributed by atoms with van der Waals surface area (Å²) in [5.74, 6) is 2.40. The molecule has 0 aliphatic heterocycles. The van der Waals surface area contributed by atoms with E-state index in [1.54, 1.807) is 24.3 Å². The van der Waals surface area contributed by atoms with Crippen LogP contribution in [0.25, 0.3) is 0 Å². The minimum atomic E-state index is -0.176. The van der Waals surface area contributed by atoms with Crippen molar-refractivity contribution in [2.75, 3.05) is 4.90 Å². The molecule has 2 rings (SSSR count). The molecule has 0 bridgehead atoms. The Morgan fingerprint density at radius 2 is 1.75 bits per heavy atom. The molecule has 2 nitrogen and oxygen atoms in total. The average molecular weight is 259 g/mol. The first-order valence-electron chi connectivity index (χ1n) is 6.08. The van der Waals surface area contributed by atoms with Gasteiger partial charge in [-0.3, -0.25) is 9.69 Å². The Bertz CT molecular complexity index is 704. The van der Waals surface area contributed by atoms with Gasteiger partial charge in [-0.15, -0.1) is 12.2 Å². The Morgan fingerprint density at radius 1 is 1.10 bits per heavy atom. The van der Waals surface area contributed by atoms with E-state index in [1.165, 1.54) is 11.1 Å². The van der Waals surface area contributed by atoms with Crippen molar-refractivity contribution in [2.24, 2.45) is 0 Å². The molecule has 1 amide bonds. The van der Waals surface area contributed by atoms with E-state index in [4.69, 9.17) is 6.42 Å². The molecular weight excluding hydrogens is 246 g/mol. The smallest absolute Gasteiger partial charge is 0.262 e. The van der Waals surface area contributed by atoms with Crippen LogP contribution in [0.1, 0.15) is 15.9 Å². The standard InChI is InChI=1S/C18H13NO/c1-3-14-19(17-13-9-8-10-15(17)4-2)18(20)16-11-6-5-7-12-16/h2,5-14H,1H2. The maximum Gasteiger partial charge on any atom is 0.262 e. The molecule has 0 aliphatic carbocycles. The number of hydrogen-bond acceptors (Lipinski definition) is 1. The number of carbonyl (C=O) groups is 1. The zero-order valence-corrected chi connectivity index (χ0v) is 10.9. The first-order valence-corrected chi connectivity index (χ1v) is 6.08. The highest BCUT2D eigenvalue weighted by Crippen LogP contribution is 2.22. The van der Waals surface area contributed by atoms with Gasteiger partial charge in [0.15, 0.2) is 0 Å². The number of nitrogens with zero attached hydrogens (tertiary/aromatic N) is 1. The third-order valence-corrected chi connectivity index (χ3v) is 2.78. The van der Waals surface area contributed by atoms with Gasteiger partial charge in [0.1, 0.15) is 0 Å². The fraction of sp³-hybridized carbons (Fsp3) is 0. The molecule has 0 aliphatic rings. The maximum absolute atomic E-state index is 12.6. The van der Waals surface area contributed by atoms with E-state index in [-0.39, 0.29) is 5.91 Å². The van der Waals surface area contributed by atoms with Crippen LogP contribution < -0.4 is 4.90 Å². The molecule has 0 atom stereocenters. The maximum atomic E-state index is 12.6. The van der Waals surface area contributed by atoms with Crippen LogP contribution in [-0.2, 0) is 0 Å². The van der Waals surface area contributed by atoms with Gasteiger partial charge in [0, 0.05) is 11.1 Å². The van der Waals surface area contributed by atoms with E-state index >= 15 is 0 Å². The molecule has 0 saturated heterocycles. The third-order valence-electron chi connectivity index (χ3n) is 2.78. The number of amides is 1. The fourth-order valence-corrected chi connectivity index (χ4v) is 1.85. The zero-order chi connectivity index (χ0) is 14.4. The summed E-state index contributed by atoms with van der Waals surface area (Å²) in [5.41, 5.74) is 4.49. The minimum Gasteiger partial charge on any atom is -0.275 e. The lowest BCUT2D eigenvalue weighted by Crippen LogP contribution is -2.25. The van der Waals surface area contributed by atoms with Gasteiger partial charge in [-0.2, -0.15) is 0 Å². The van der Waals surface area contributed by atoms with Gasteiger partial charge in [0.05, 0.1) is 11.9 Å². The van der Waals surface area contributed by atoms with Crippen molar-refractivity contribution < 1.29 is 4.79 Å². The molecule has 0 heterocycles. The molecule has 2 heteroatoms. The fourth-order valence-electron chi connectivity index (χ4n) is 1.85. The van der Waals surface area contributed by atoms with Crippen LogP contribution >= 0.6 is 0 Å². The molecule has 0 unspecified atom stereocenters. The van der Waals surface area contributed by atoms with E-state index in [1.807, 2.05) is 30.3 Å². The third kappa shape index (κ3) is 2.70. The van der Waals surface area contributed by atoms with Gasteiger partial charge in [-0.1, -0.05) is 42.8 Å². The lowest BCUT2D eigenvalue weighted by molar-refractivity contribution is 0.0997. The second-order valence-corrected chi connectivity index (χ2v) is 4.04. The number of terminal acetylenes is 1. The largest absolute Gasteiger partial charge is 0.275 e. The quantitative estimate of drug-likeness (QED) is 0.609. The number of benzene rings is 2. The van der Waals surface area contributed by atoms with Gasteiger partial charge in [-0.25, -0.2) is 0 Å². The van der Waals surface area contributed by atoms with Crippen molar-refractivity contribution in [3.8, 4) is 12.3 Å². The van der Waals surface area contributed by atoms with E-state index in [0.29, 0.717) is 16.8 Å². The van der Waals surface area contributed by atoms with Crippen LogP contribution in [0, 0.1) is 12.3 Å². The normalized spacial score (nSPS) is 9.15. The summed E-state index contributed by atoms with van der Waals surface area (Å²) < 4.78 is 0. The number of para-hydroxylation sites is 1. The van der Waals surface area contributed by atoms with E-state index in [0.717, 1.165) is 0 Å². The zero-order valence-electron chi connectivity index (χ0n) is 10.9. The Balaban J connectivity index is 2.50. The first-order chi connectivity index (χ1) is 9.77. The number of rotatable bonds is 3. The molecule has 2 aromatic rings. The highest BCUT2D eigenvalue weighted by atomic mass is 16.2. The number of carbonyl (C=O) groups excluding carboxylic acids is 1. The second kappa shape index (κ2) is 6.24. The molecule has 0 aromatic heterocycles. The summed E-state index contributed by atoms with van der Waals surface area (Å²) in [6, 6.07) is 16.3. The summed E-state index contributed by atoms with van der Waals surface area (Å²) >= 11 is 0. The summed E-state index contributed by atoms with van der Waals surface area (Å²) in [4.78, 5) is 14.0. The first kappa shape index (κ1) is 13.4. The van der Waals surface area contributed by atoms with Crippen molar-refractivity contribution in [1.29, 1.82) is 0 Å². The van der Waals surface area contributed by atoms with Crippen LogP contribution in [0.2, 0.25) is 0 Å².